The molecule has 2 aliphatic rings. The average Bonchev–Trinajstić information content (AvgIpc) is 4.27. The maximum atomic E-state index is 13.4. The molecule has 0 aliphatic carbocycles. The predicted molar refractivity (Wildman–Crippen MR) is 303 cm³/mol. The molecule has 78 heavy (non-hydrogen) atoms. The number of carbonyl (C=O) groups is 2. The molecule has 0 saturated carbocycles. The lowest BCUT2D eigenvalue weighted by Gasteiger charge is -2.20. The molecule has 2 aromatic carbocycles. The molecule has 408 valence electrons. The van der Waals surface area contributed by atoms with Gasteiger partial charge in [-0.25, -0.2) is 36.8 Å². The van der Waals surface area contributed by atoms with Crippen molar-refractivity contribution in [2.24, 2.45) is 11.8 Å². The molecule has 0 spiro atoms. The Bertz CT molecular complexity index is 3740. The zero-order chi connectivity index (χ0) is 55.8. The van der Waals surface area contributed by atoms with E-state index in [2.05, 4.69) is 39.3 Å². The van der Waals surface area contributed by atoms with Gasteiger partial charge >= 0.3 is 0 Å². The molecule has 2 N–H and O–H groups in total. The number of nitrogens with zero attached hydrogens (tertiary/aromatic N) is 10. The molecule has 24 heteroatoms. The molecule has 2 atom stereocenters. The number of aromatic nitrogens is 8. The first-order chi connectivity index (χ1) is 37.1. The van der Waals surface area contributed by atoms with E-state index in [4.69, 9.17) is 0 Å². The Balaban J connectivity index is 0.000000190. The van der Waals surface area contributed by atoms with E-state index in [0.717, 1.165) is 74.5 Å². The third-order valence-electron chi connectivity index (χ3n) is 13.8. The van der Waals surface area contributed by atoms with Crippen LogP contribution < -0.4 is 20.6 Å². The van der Waals surface area contributed by atoms with Gasteiger partial charge in [-0.05, 0) is 115 Å². The van der Waals surface area contributed by atoms with Gasteiger partial charge in [0, 0.05) is 62.8 Å². The number of pyridine rings is 2. The molecule has 2 fully saturated rings. The van der Waals surface area contributed by atoms with E-state index in [1.54, 1.807) is 90.3 Å². The van der Waals surface area contributed by atoms with Crippen LogP contribution in [0.4, 0.5) is 11.4 Å². The van der Waals surface area contributed by atoms with Crippen molar-refractivity contribution in [3.05, 3.63) is 127 Å². The van der Waals surface area contributed by atoms with Gasteiger partial charge in [0.15, 0.2) is 8.42 Å². The van der Waals surface area contributed by atoms with Crippen molar-refractivity contribution in [2.75, 3.05) is 35.6 Å². The van der Waals surface area contributed by atoms with E-state index in [9.17, 15) is 36.0 Å². The zero-order valence-electron chi connectivity index (χ0n) is 44.5. The molecule has 6 aromatic heterocycles. The van der Waals surface area contributed by atoms with E-state index < -0.39 is 20.0 Å². The van der Waals surface area contributed by atoms with Crippen LogP contribution in [0.5, 0.6) is 0 Å². The molecular weight excluding hydrogens is 1070 g/mol. The first-order valence-corrected chi connectivity index (χ1v) is 30.1. The largest absolute Gasteiger partial charge is 0.342 e. The van der Waals surface area contributed by atoms with Crippen LogP contribution in [0.25, 0.3) is 44.1 Å². The molecular formula is C54H60N12O8S4. The van der Waals surface area contributed by atoms with E-state index in [1.165, 1.54) is 21.8 Å². The Morgan fingerprint density at radius 2 is 0.910 bits per heavy atom. The van der Waals surface area contributed by atoms with Gasteiger partial charge in [-0.2, -0.15) is 0 Å². The number of benzene rings is 2. The van der Waals surface area contributed by atoms with Crippen molar-refractivity contribution >= 4 is 87.7 Å². The fraction of sp³-hybridized carbons (Fsp3) is 0.370. The number of rotatable bonds is 14. The van der Waals surface area contributed by atoms with Crippen molar-refractivity contribution in [3.63, 3.8) is 0 Å². The topological polar surface area (TPSA) is 254 Å². The van der Waals surface area contributed by atoms with Gasteiger partial charge in [0.05, 0.1) is 90.5 Å². The minimum atomic E-state index is -3.84. The summed E-state index contributed by atoms with van der Waals surface area (Å²) in [5.74, 6) is -0.576. The number of nitrogens with one attached hydrogen (secondary N) is 2. The molecule has 0 radical (unpaired) electrons. The highest BCUT2D eigenvalue weighted by Gasteiger charge is 2.27. The SMILES string of the molecule is Cc1nc(C)c(S(=O)(=O)Nc2cc(-c3ccc4ncn(C[C@@H](C)C(=O)N5CCCC5)c(=O)c4c3)cnc2C)s1.Cc1nc(C)c(S(=O)(=O)Nc2cc(-c3ccc4ncn(C[C@H](C)C(=O)N5CCCC5)c(=O)c4c3)cnc2C)s1. The first kappa shape index (κ1) is 55.5. The van der Waals surface area contributed by atoms with Crippen LogP contribution in [0.2, 0.25) is 0 Å². The Labute approximate surface area is 459 Å². The van der Waals surface area contributed by atoms with Gasteiger partial charge in [-0.15, -0.1) is 22.7 Å². The molecule has 2 saturated heterocycles. The summed E-state index contributed by atoms with van der Waals surface area (Å²) >= 11 is 2.23. The smallest absolute Gasteiger partial charge is 0.273 e. The van der Waals surface area contributed by atoms with Crippen LogP contribution in [-0.4, -0.2) is 104 Å². The van der Waals surface area contributed by atoms with E-state index >= 15 is 0 Å². The fourth-order valence-corrected chi connectivity index (χ4v) is 14.9. The molecule has 8 aromatic rings. The summed E-state index contributed by atoms with van der Waals surface area (Å²) in [5, 5.41) is 2.16. The Morgan fingerprint density at radius 3 is 1.26 bits per heavy atom. The second-order valence-corrected chi connectivity index (χ2v) is 26.0. The standard InChI is InChI=1S/2C27H30N6O4S2/c2*1-16(25(34)32-9-5-6-10-32)14-33-15-29-23-8-7-20(11-22(23)26(33)35)21-12-24(17(2)28-13-21)31-39(36,37)27-18(3)30-19(4)38-27/h2*7-8,11-13,15-16,31H,5-6,9-10,14H2,1-4H3/t2*16-/m10/s1. The summed E-state index contributed by atoms with van der Waals surface area (Å²) in [6.45, 7) is 17.5. The fourth-order valence-electron chi connectivity index (χ4n) is 9.68. The van der Waals surface area contributed by atoms with Gasteiger partial charge < -0.3 is 9.80 Å². The lowest BCUT2D eigenvalue weighted by molar-refractivity contribution is -0.135. The summed E-state index contributed by atoms with van der Waals surface area (Å²) in [5.41, 5.74) is 5.89. The minimum absolute atomic E-state index is 0.0534. The van der Waals surface area contributed by atoms with E-state index in [-0.39, 0.29) is 56.3 Å². The highest BCUT2D eigenvalue weighted by Crippen LogP contribution is 2.32. The summed E-state index contributed by atoms with van der Waals surface area (Å²) in [7, 11) is -7.69. The number of hydrogen-bond acceptors (Lipinski definition) is 16. The Morgan fingerprint density at radius 1 is 0.538 bits per heavy atom. The van der Waals surface area contributed by atoms with Crippen LogP contribution in [-0.2, 0) is 42.7 Å². The van der Waals surface area contributed by atoms with Crippen LogP contribution in [0.1, 0.15) is 72.3 Å². The summed E-state index contributed by atoms with van der Waals surface area (Å²) < 4.78 is 60.9. The van der Waals surface area contributed by atoms with Crippen LogP contribution in [0.3, 0.4) is 0 Å². The number of amides is 2. The number of anilines is 2. The number of thiazole rings is 2. The van der Waals surface area contributed by atoms with Gasteiger partial charge in [0.1, 0.15) is 0 Å². The number of likely N-dealkylation sites (tertiary alicyclic amines) is 2. The van der Waals surface area contributed by atoms with Gasteiger partial charge in [-0.1, -0.05) is 26.0 Å². The maximum absolute atomic E-state index is 13.4. The van der Waals surface area contributed by atoms with E-state index in [0.29, 0.717) is 88.2 Å². The third-order valence-corrected chi connectivity index (χ3v) is 19.9. The van der Waals surface area contributed by atoms with Crippen LogP contribution in [0.15, 0.2) is 91.6 Å². The van der Waals surface area contributed by atoms with Gasteiger partial charge in [0.25, 0.3) is 31.2 Å². The van der Waals surface area contributed by atoms with Crippen LogP contribution >= 0.6 is 22.7 Å². The summed E-state index contributed by atoms with van der Waals surface area (Å²) in [6.07, 6.45) is 10.3. The zero-order valence-corrected chi connectivity index (χ0v) is 47.8. The van der Waals surface area contributed by atoms with Crippen LogP contribution in [0, 0.1) is 53.4 Å². The molecule has 0 bridgehead atoms. The average molecular weight is 1130 g/mol. The van der Waals surface area contributed by atoms with Crippen molar-refractivity contribution in [1.29, 1.82) is 0 Å². The van der Waals surface area contributed by atoms with Crippen molar-refractivity contribution in [1.82, 2.24) is 48.8 Å². The van der Waals surface area contributed by atoms with Crippen molar-refractivity contribution < 1.29 is 26.4 Å². The molecule has 20 nitrogen and oxygen atoms in total. The minimum Gasteiger partial charge on any atom is -0.342 e. The number of fused-ring (bicyclic) bond motifs is 2. The third kappa shape index (κ3) is 11.9. The Hall–Kier alpha value is -7.28. The normalized spacial score (nSPS) is 14.6. The summed E-state index contributed by atoms with van der Waals surface area (Å²) in [6, 6.07) is 14.0. The monoisotopic (exact) mass is 1130 g/mol. The number of hydrogen-bond donors (Lipinski definition) is 2. The predicted octanol–water partition coefficient (Wildman–Crippen LogP) is 7.80. The number of aryl methyl sites for hydroxylation is 6. The molecule has 10 rings (SSSR count). The second kappa shape index (κ2) is 22.6. The molecule has 8 heterocycles. The lowest BCUT2D eigenvalue weighted by Crippen LogP contribution is -2.36. The molecule has 0 unspecified atom stereocenters. The second-order valence-electron chi connectivity index (χ2n) is 19.9. The lowest BCUT2D eigenvalue weighted by atomic mass is 10.0. The van der Waals surface area contributed by atoms with Crippen molar-refractivity contribution in [2.45, 2.75) is 103 Å². The highest BCUT2D eigenvalue weighted by atomic mass is 32.3. The first-order valence-electron chi connectivity index (χ1n) is 25.5. The van der Waals surface area contributed by atoms with Gasteiger partial charge in [0.2, 0.25) is 11.8 Å². The van der Waals surface area contributed by atoms with Gasteiger partial charge in [-0.3, -0.25) is 47.7 Å². The highest BCUT2D eigenvalue weighted by molar-refractivity contribution is 7.95. The number of carbonyl (C=O) groups excluding carboxylic acids is 2. The van der Waals surface area contributed by atoms with Crippen molar-refractivity contribution in [3.8, 4) is 22.3 Å². The maximum Gasteiger partial charge on any atom is 0.273 e. The molecule has 2 aliphatic heterocycles. The summed E-state index contributed by atoms with van der Waals surface area (Å²) in [4.78, 5) is 82.1. The Kier molecular flexibility index (Phi) is 16.1. The van der Waals surface area contributed by atoms with E-state index in [1.807, 2.05) is 35.8 Å². The molecule has 2 amide bonds. The number of sulfonamides is 2. The quantitative estimate of drug-likeness (QED) is 0.105.